The molecule has 6 heteroatoms. The Kier molecular flexibility index (Phi) is 3.44. The van der Waals surface area contributed by atoms with E-state index in [0.717, 1.165) is 11.3 Å². The molecule has 1 N–H and O–H groups in total. The molecule has 0 aliphatic heterocycles. The molecule has 0 saturated heterocycles. The molecule has 0 bridgehead atoms. The second kappa shape index (κ2) is 4.85. The summed E-state index contributed by atoms with van der Waals surface area (Å²) in [6, 6.07) is 6.81. The monoisotopic (exact) mass is 268 g/mol. The highest BCUT2D eigenvalue weighted by Crippen LogP contribution is 2.23. The van der Waals surface area contributed by atoms with E-state index >= 15 is 0 Å². The summed E-state index contributed by atoms with van der Waals surface area (Å²) in [6.45, 7) is 2.00. The predicted octanol–water partition coefficient (Wildman–Crippen LogP) is 2.51. The highest BCUT2D eigenvalue weighted by atomic mass is 32.2. The zero-order chi connectivity index (χ0) is 12.3. The smallest absolute Gasteiger partial charge is 0.271 e. The van der Waals surface area contributed by atoms with Crippen molar-refractivity contribution < 1.29 is 8.42 Å². The Morgan fingerprint density at radius 1 is 1.35 bits per heavy atom. The third kappa shape index (κ3) is 2.83. The van der Waals surface area contributed by atoms with Gasteiger partial charge in [0.1, 0.15) is 4.21 Å². The zero-order valence-corrected chi connectivity index (χ0v) is 10.9. The quantitative estimate of drug-likeness (QED) is 0.927. The molecule has 2 aromatic heterocycles. The van der Waals surface area contributed by atoms with Gasteiger partial charge in [0.15, 0.2) is 0 Å². The van der Waals surface area contributed by atoms with E-state index in [1.165, 1.54) is 17.5 Å². The number of hydrogen-bond acceptors (Lipinski definition) is 4. The lowest BCUT2D eigenvalue weighted by molar-refractivity contribution is 0.603. The van der Waals surface area contributed by atoms with Crippen LogP contribution >= 0.6 is 11.3 Å². The third-order valence-electron chi connectivity index (χ3n) is 2.16. The molecular weight excluding hydrogens is 256 g/mol. The van der Waals surface area contributed by atoms with Gasteiger partial charge in [-0.25, -0.2) is 8.42 Å². The van der Waals surface area contributed by atoms with Gasteiger partial charge in [-0.15, -0.1) is 11.3 Å². The van der Waals surface area contributed by atoms with Gasteiger partial charge in [-0.3, -0.25) is 9.71 Å². The number of aryl methyl sites for hydroxylation is 1. The third-order valence-corrected chi connectivity index (χ3v) is 5.27. The van der Waals surface area contributed by atoms with Gasteiger partial charge in [0, 0.05) is 11.1 Å². The van der Waals surface area contributed by atoms with Crippen molar-refractivity contribution in [3.8, 4) is 0 Å². The number of hydrogen-bond donors (Lipinski definition) is 1. The number of aromatic nitrogens is 1. The Balaban J connectivity index is 2.25. The summed E-state index contributed by atoms with van der Waals surface area (Å²) in [5.41, 5.74) is 0.471. The molecule has 0 saturated carbocycles. The summed E-state index contributed by atoms with van der Waals surface area (Å²) < 4.78 is 26.8. The highest BCUT2D eigenvalue weighted by Gasteiger charge is 2.16. The largest absolute Gasteiger partial charge is 0.277 e. The van der Waals surface area contributed by atoms with Crippen LogP contribution < -0.4 is 4.72 Å². The zero-order valence-electron chi connectivity index (χ0n) is 9.25. The maximum atomic E-state index is 12.0. The topological polar surface area (TPSA) is 59.1 Å². The Morgan fingerprint density at radius 3 is 2.76 bits per heavy atom. The van der Waals surface area contributed by atoms with E-state index in [-0.39, 0.29) is 0 Å². The SMILES string of the molecule is CCc1ccc(S(=O)(=O)Nc2cccnc2)s1. The molecule has 0 aliphatic carbocycles. The molecule has 0 radical (unpaired) electrons. The molecule has 0 unspecified atom stereocenters. The first-order valence-corrected chi connectivity index (χ1v) is 7.43. The van der Waals surface area contributed by atoms with Crippen molar-refractivity contribution in [2.24, 2.45) is 0 Å². The molecule has 17 heavy (non-hydrogen) atoms. The standard InChI is InChI=1S/C11H12N2O2S2/c1-2-10-5-6-11(16-10)17(14,15)13-9-4-3-7-12-8-9/h3-8,13H,2H2,1H3. The first-order valence-electron chi connectivity index (χ1n) is 5.13. The summed E-state index contributed by atoms with van der Waals surface area (Å²) >= 11 is 1.29. The van der Waals surface area contributed by atoms with Crippen molar-refractivity contribution in [2.45, 2.75) is 17.6 Å². The van der Waals surface area contributed by atoms with Crippen molar-refractivity contribution >= 4 is 27.0 Å². The Bertz CT molecular complexity index is 591. The first kappa shape index (κ1) is 12.1. The fraction of sp³-hybridized carbons (Fsp3) is 0.182. The van der Waals surface area contributed by atoms with Crippen molar-refractivity contribution in [3.05, 3.63) is 41.5 Å². The van der Waals surface area contributed by atoms with Gasteiger partial charge in [-0.2, -0.15) is 0 Å². The number of rotatable bonds is 4. The van der Waals surface area contributed by atoms with Gasteiger partial charge in [0.05, 0.1) is 11.9 Å². The van der Waals surface area contributed by atoms with E-state index in [1.54, 1.807) is 24.4 Å². The normalized spacial score (nSPS) is 11.4. The first-order chi connectivity index (χ1) is 8.12. The number of anilines is 1. The van der Waals surface area contributed by atoms with Crippen LogP contribution in [0.5, 0.6) is 0 Å². The Hall–Kier alpha value is -1.40. The molecule has 2 aromatic rings. The van der Waals surface area contributed by atoms with E-state index < -0.39 is 10.0 Å². The second-order valence-electron chi connectivity index (χ2n) is 3.42. The van der Waals surface area contributed by atoms with Crippen LogP contribution in [-0.4, -0.2) is 13.4 Å². The van der Waals surface area contributed by atoms with Gasteiger partial charge in [-0.1, -0.05) is 6.92 Å². The highest BCUT2D eigenvalue weighted by molar-refractivity contribution is 7.94. The van der Waals surface area contributed by atoms with Crippen LogP contribution in [0.2, 0.25) is 0 Å². The summed E-state index contributed by atoms with van der Waals surface area (Å²) in [6.07, 6.45) is 3.91. The molecule has 90 valence electrons. The number of pyridine rings is 1. The van der Waals surface area contributed by atoms with Gasteiger partial charge in [0.25, 0.3) is 10.0 Å². The van der Waals surface area contributed by atoms with Crippen LogP contribution in [0, 0.1) is 0 Å². The average Bonchev–Trinajstić information content (AvgIpc) is 2.79. The molecule has 2 heterocycles. The van der Waals surface area contributed by atoms with Crippen LogP contribution in [0.25, 0.3) is 0 Å². The summed E-state index contributed by atoms with van der Waals surface area (Å²) in [5, 5.41) is 0. The van der Waals surface area contributed by atoms with Gasteiger partial charge in [-0.05, 0) is 30.7 Å². The Labute approximate surface area is 104 Å². The second-order valence-corrected chi connectivity index (χ2v) is 6.50. The van der Waals surface area contributed by atoms with Crippen LogP contribution in [-0.2, 0) is 16.4 Å². The van der Waals surface area contributed by atoms with E-state index in [2.05, 4.69) is 9.71 Å². The molecule has 4 nitrogen and oxygen atoms in total. The summed E-state index contributed by atoms with van der Waals surface area (Å²) in [5.74, 6) is 0. The van der Waals surface area contributed by atoms with Crippen molar-refractivity contribution in [3.63, 3.8) is 0 Å². The predicted molar refractivity (Wildman–Crippen MR) is 68.7 cm³/mol. The lowest BCUT2D eigenvalue weighted by atomic mass is 10.4. The van der Waals surface area contributed by atoms with Crippen LogP contribution in [0.15, 0.2) is 40.9 Å². The average molecular weight is 268 g/mol. The van der Waals surface area contributed by atoms with Crippen LogP contribution in [0.3, 0.4) is 0 Å². The molecule has 0 amide bonds. The van der Waals surface area contributed by atoms with Crippen LogP contribution in [0.4, 0.5) is 5.69 Å². The lowest BCUT2D eigenvalue weighted by Gasteiger charge is -2.04. The maximum absolute atomic E-state index is 12.0. The van der Waals surface area contributed by atoms with E-state index in [1.807, 2.05) is 13.0 Å². The molecular formula is C11H12N2O2S2. The Morgan fingerprint density at radius 2 is 2.18 bits per heavy atom. The summed E-state index contributed by atoms with van der Waals surface area (Å²) in [7, 11) is -3.47. The minimum Gasteiger partial charge on any atom is -0.277 e. The number of thiophene rings is 1. The van der Waals surface area contributed by atoms with Crippen molar-refractivity contribution in [1.29, 1.82) is 0 Å². The van der Waals surface area contributed by atoms with E-state index in [4.69, 9.17) is 0 Å². The summed E-state index contributed by atoms with van der Waals surface area (Å²) in [4.78, 5) is 4.91. The minimum atomic E-state index is -3.47. The molecule has 0 aromatic carbocycles. The van der Waals surface area contributed by atoms with E-state index in [9.17, 15) is 8.42 Å². The van der Waals surface area contributed by atoms with E-state index in [0.29, 0.717) is 9.90 Å². The van der Waals surface area contributed by atoms with Gasteiger partial charge >= 0.3 is 0 Å². The van der Waals surface area contributed by atoms with Gasteiger partial charge < -0.3 is 0 Å². The minimum absolute atomic E-state index is 0.332. The molecule has 0 spiro atoms. The number of sulfonamides is 1. The fourth-order valence-corrected chi connectivity index (χ4v) is 3.66. The number of nitrogens with zero attached hydrogens (tertiary/aromatic N) is 1. The maximum Gasteiger partial charge on any atom is 0.271 e. The lowest BCUT2D eigenvalue weighted by Crippen LogP contribution is -2.11. The fourth-order valence-electron chi connectivity index (χ4n) is 1.32. The number of nitrogens with one attached hydrogen (secondary N) is 1. The molecule has 0 aliphatic rings. The molecule has 0 fully saturated rings. The molecule has 2 rings (SSSR count). The van der Waals surface area contributed by atoms with Gasteiger partial charge in [0.2, 0.25) is 0 Å². The van der Waals surface area contributed by atoms with Crippen molar-refractivity contribution in [2.75, 3.05) is 4.72 Å². The molecule has 0 atom stereocenters. The van der Waals surface area contributed by atoms with Crippen LogP contribution in [0.1, 0.15) is 11.8 Å². The van der Waals surface area contributed by atoms with Crippen molar-refractivity contribution in [1.82, 2.24) is 4.98 Å².